The fourth-order valence-electron chi connectivity index (χ4n) is 2.47. The Bertz CT molecular complexity index is 808. The number of carbonyl (C=O) groups excluding carboxylic acids is 1. The van der Waals surface area contributed by atoms with Crippen molar-refractivity contribution in [1.82, 2.24) is 20.1 Å². The molecule has 0 spiro atoms. The minimum absolute atomic E-state index is 0.118. The highest BCUT2D eigenvalue weighted by atomic mass is 32.1. The van der Waals surface area contributed by atoms with Gasteiger partial charge in [-0.3, -0.25) is 9.59 Å². The van der Waals surface area contributed by atoms with Crippen LogP contribution in [0.25, 0.3) is 10.6 Å². The lowest BCUT2D eigenvalue weighted by Gasteiger charge is -2.07. The van der Waals surface area contributed by atoms with Crippen LogP contribution in [0.3, 0.4) is 0 Å². The van der Waals surface area contributed by atoms with Crippen LogP contribution in [-0.2, 0) is 7.05 Å². The SMILES string of the molecule is CCCCCNC(=O)c1sc(-c2c(C)c(C)nn(C)c2=O)nc1C. The van der Waals surface area contributed by atoms with Gasteiger partial charge in [-0.15, -0.1) is 11.3 Å². The normalized spacial score (nSPS) is 10.9. The lowest BCUT2D eigenvalue weighted by atomic mass is 10.1. The van der Waals surface area contributed by atoms with Gasteiger partial charge in [0.25, 0.3) is 11.5 Å². The van der Waals surface area contributed by atoms with Crippen LogP contribution in [0.4, 0.5) is 0 Å². The number of hydrogen-bond donors (Lipinski definition) is 1. The molecule has 0 saturated heterocycles. The molecule has 0 fully saturated rings. The summed E-state index contributed by atoms with van der Waals surface area (Å²) in [5.41, 5.74) is 2.58. The molecule has 0 radical (unpaired) electrons. The molecule has 0 atom stereocenters. The molecule has 1 amide bonds. The van der Waals surface area contributed by atoms with E-state index in [9.17, 15) is 9.59 Å². The molecular weight excluding hydrogens is 324 g/mol. The van der Waals surface area contributed by atoms with Gasteiger partial charge >= 0.3 is 0 Å². The van der Waals surface area contributed by atoms with E-state index < -0.39 is 0 Å². The van der Waals surface area contributed by atoms with Crippen molar-refractivity contribution in [3.63, 3.8) is 0 Å². The summed E-state index contributed by atoms with van der Waals surface area (Å²) in [6, 6.07) is 0. The summed E-state index contributed by atoms with van der Waals surface area (Å²) in [5, 5.41) is 7.69. The van der Waals surface area contributed by atoms with Gasteiger partial charge in [0.15, 0.2) is 0 Å². The number of aromatic nitrogens is 3. The minimum atomic E-state index is -0.193. The van der Waals surface area contributed by atoms with E-state index in [4.69, 9.17) is 0 Å². The third-order valence-electron chi connectivity index (χ3n) is 4.01. The van der Waals surface area contributed by atoms with Gasteiger partial charge in [-0.2, -0.15) is 5.10 Å². The van der Waals surface area contributed by atoms with Crippen LogP contribution in [0.15, 0.2) is 4.79 Å². The molecule has 130 valence electrons. The Morgan fingerprint density at radius 3 is 2.58 bits per heavy atom. The second-order valence-corrected chi connectivity index (χ2v) is 6.91. The summed E-state index contributed by atoms with van der Waals surface area (Å²) in [6.45, 7) is 8.31. The molecule has 0 aliphatic carbocycles. The largest absolute Gasteiger partial charge is 0.351 e. The molecule has 2 heterocycles. The first-order valence-electron chi connectivity index (χ1n) is 8.17. The van der Waals surface area contributed by atoms with Crippen molar-refractivity contribution in [2.45, 2.75) is 47.0 Å². The molecule has 0 aliphatic heterocycles. The lowest BCUT2D eigenvalue weighted by molar-refractivity contribution is 0.0956. The fraction of sp³-hybridized carbons (Fsp3) is 0.529. The molecule has 0 unspecified atom stereocenters. The molecule has 2 aromatic rings. The summed E-state index contributed by atoms with van der Waals surface area (Å²) >= 11 is 1.27. The molecule has 0 aromatic carbocycles. The molecule has 0 saturated carbocycles. The summed E-state index contributed by atoms with van der Waals surface area (Å²) in [5.74, 6) is -0.118. The lowest BCUT2D eigenvalue weighted by Crippen LogP contribution is -2.24. The molecule has 2 rings (SSSR count). The van der Waals surface area contributed by atoms with Gasteiger partial charge in [0, 0.05) is 13.6 Å². The van der Waals surface area contributed by atoms with Crippen LogP contribution in [0.1, 0.15) is 52.8 Å². The van der Waals surface area contributed by atoms with Crippen LogP contribution >= 0.6 is 11.3 Å². The second kappa shape index (κ2) is 7.70. The average molecular weight is 348 g/mol. The first kappa shape index (κ1) is 18.3. The molecule has 0 bridgehead atoms. The zero-order chi connectivity index (χ0) is 17.9. The highest BCUT2D eigenvalue weighted by Gasteiger charge is 2.20. The van der Waals surface area contributed by atoms with Crippen LogP contribution in [0.2, 0.25) is 0 Å². The van der Waals surface area contributed by atoms with Crippen molar-refractivity contribution in [1.29, 1.82) is 0 Å². The Hall–Kier alpha value is -2.02. The third kappa shape index (κ3) is 3.72. The second-order valence-electron chi connectivity index (χ2n) is 5.91. The monoisotopic (exact) mass is 348 g/mol. The minimum Gasteiger partial charge on any atom is -0.351 e. The van der Waals surface area contributed by atoms with Crippen LogP contribution in [-0.4, -0.2) is 27.2 Å². The first-order valence-corrected chi connectivity index (χ1v) is 8.99. The smallest absolute Gasteiger partial charge is 0.277 e. The van der Waals surface area contributed by atoms with Crippen molar-refractivity contribution in [2.24, 2.45) is 7.05 Å². The Labute approximate surface area is 145 Å². The predicted molar refractivity (Wildman–Crippen MR) is 96.7 cm³/mol. The van der Waals surface area contributed by atoms with Crippen LogP contribution < -0.4 is 10.9 Å². The van der Waals surface area contributed by atoms with Gasteiger partial charge in [0.1, 0.15) is 9.88 Å². The summed E-state index contributed by atoms with van der Waals surface area (Å²) < 4.78 is 1.32. The Balaban J connectivity index is 2.33. The number of aryl methyl sites for hydroxylation is 3. The zero-order valence-electron chi connectivity index (χ0n) is 14.9. The maximum absolute atomic E-state index is 12.4. The van der Waals surface area contributed by atoms with E-state index in [1.807, 2.05) is 13.8 Å². The number of hydrogen-bond acceptors (Lipinski definition) is 5. The van der Waals surface area contributed by atoms with E-state index in [2.05, 4.69) is 22.3 Å². The Kier molecular flexibility index (Phi) is 5.88. The Morgan fingerprint density at radius 1 is 1.21 bits per heavy atom. The third-order valence-corrected chi connectivity index (χ3v) is 5.18. The fourth-order valence-corrected chi connectivity index (χ4v) is 3.55. The van der Waals surface area contributed by atoms with E-state index in [1.54, 1.807) is 14.0 Å². The summed E-state index contributed by atoms with van der Waals surface area (Å²) in [6.07, 6.45) is 3.18. The van der Waals surface area contributed by atoms with Gasteiger partial charge < -0.3 is 5.32 Å². The average Bonchev–Trinajstić information content (AvgIpc) is 2.91. The number of nitrogens with one attached hydrogen (secondary N) is 1. The first-order chi connectivity index (χ1) is 11.4. The van der Waals surface area contributed by atoms with Crippen molar-refractivity contribution >= 4 is 17.2 Å². The number of nitrogens with zero attached hydrogens (tertiary/aromatic N) is 3. The summed E-state index contributed by atoms with van der Waals surface area (Å²) in [4.78, 5) is 29.8. The highest BCUT2D eigenvalue weighted by molar-refractivity contribution is 7.17. The van der Waals surface area contributed by atoms with Gasteiger partial charge in [-0.1, -0.05) is 19.8 Å². The maximum atomic E-state index is 12.4. The number of unbranched alkanes of at least 4 members (excludes halogenated alkanes) is 2. The van der Waals surface area contributed by atoms with E-state index in [1.165, 1.54) is 16.0 Å². The Morgan fingerprint density at radius 2 is 1.92 bits per heavy atom. The zero-order valence-corrected chi connectivity index (χ0v) is 15.7. The van der Waals surface area contributed by atoms with Gasteiger partial charge in [0.2, 0.25) is 0 Å². The topological polar surface area (TPSA) is 76.9 Å². The standard InChI is InChI=1S/C17H24N4O2S/c1-6-7-8-9-18-15(22)14-12(4)19-16(24-14)13-10(2)11(3)20-21(5)17(13)23/h6-9H2,1-5H3,(H,18,22). The number of carbonyl (C=O) groups is 1. The van der Waals surface area contributed by atoms with Gasteiger partial charge in [0.05, 0.1) is 17.0 Å². The van der Waals surface area contributed by atoms with Crippen LogP contribution in [0.5, 0.6) is 0 Å². The molecule has 24 heavy (non-hydrogen) atoms. The van der Waals surface area contributed by atoms with Crippen molar-refractivity contribution < 1.29 is 4.79 Å². The van der Waals surface area contributed by atoms with Crippen molar-refractivity contribution in [3.05, 3.63) is 32.2 Å². The van der Waals surface area contributed by atoms with Gasteiger partial charge in [-0.05, 0) is 32.8 Å². The van der Waals surface area contributed by atoms with E-state index >= 15 is 0 Å². The van der Waals surface area contributed by atoms with Crippen molar-refractivity contribution in [2.75, 3.05) is 6.54 Å². The molecule has 0 aliphatic rings. The van der Waals surface area contributed by atoms with E-state index in [0.29, 0.717) is 27.7 Å². The quantitative estimate of drug-likeness (QED) is 0.814. The predicted octanol–water partition coefficient (Wildman–Crippen LogP) is 2.75. The molecule has 1 N–H and O–H groups in total. The van der Waals surface area contributed by atoms with Crippen LogP contribution in [0, 0.1) is 20.8 Å². The van der Waals surface area contributed by atoms with Gasteiger partial charge in [-0.25, -0.2) is 9.67 Å². The molecule has 7 heteroatoms. The summed E-state index contributed by atoms with van der Waals surface area (Å²) in [7, 11) is 1.63. The maximum Gasteiger partial charge on any atom is 0.277 e. The van der Waals surface area contributed by atoms with Crippen molar-refractivity contribution in [3.8, 4) is 10.6 Å². The number of thiazole rings is 1. The number of rotatable bonds is 6. The van der Waals surface area contributed by atoms with E-state index in [0.717, 1.165) is 30.5 Å². The van der Waals surface area contributed by atoms with E-state index in [-0.39, 0.29) is 11.5 Å². The highest BCUT2D eigenvalue weighted by Crippen LogP contribution is 2.28. The molecule has 2 aromatic heterocycles. The number of amides is 1. The molecule has 6 nitrogen and oxygen atoms in total. The molecular formula is C17H24N4O2S.